The number of nitrogens with zero attached hydrogens (tertiary/aromatic N) is 3. The van der Waals surface area contributed by atoms with E-state index in [4.69, 9.17) is 0 Å². The van der Waals surface area contributed by atoms with Gasteiger partial charge >= 0.3 is 0 Å². The molecule has 2 aromatic rings. The van der Waals surface area contributed by atoms with Gasteiger partial charge in [-0.3, -0.25) is 0 Å². The van der Waals surface area contributed by atoms with E-state index in [1.54, 1.807) is 4.80 Å². The summed E-state index contributed by atoms with van der Waals surface area (Å²) in [5, 5.41) is 12.3. The summed E-state index contributed by atoms with van der Waals surface area (Å²) in [6, 6.07) is 10.3. The van der Waals surface area contributed by atoms with E-state index in [2.05, 4.69) is 22.4 Å². The van der Waals surface area contributed by atoms with E-state index in [1.165, 1.54) is 32.1 Å². The highest BCUT2D eigenvalue weighted by molar-refractivity contribution is 5.28. The van der Waals surface area contributed by atoms with Gasteiger partial charge in [-0.15, -0.1) is 0 Å². The molecule has 0 aliphatic rings. The molecule has 1 N–H and O–H groups in total. The normalized spacial score (nSPS) is 12.5. The molecule has 21 heavy (non-hydrogen) atoms. The summed E-state index contributed by atoms with van der Waals surface area (Å²) in [5.41, 5.74) is 2.03. The first-order valence-corrected chi connectivity index (χ1v) is 8.00. The molecule has 0 radical (unpaired) electrons. The fraction of sp³-hybridized carbons (Fsp3) is 0.529. The lowest BCUT2D eigenvalue weighted by Crippen LogP contribution is -2.17. The number of aromatic nitrogens is 3. The monoisotopic (exact) mass is 286 g/mol. The first-order valence-electron chi connectivity index (χ1n) is 8.00. The Morgan fingerprint density at radius 3 is 2.57 bits per heavy atom. The van der Waals surface area contributed by atoms with Gasteiger partial charge < -0.3 is 5.32 Å². The standard InChI is InChI=1S/C17H26N4/c1-3-4-5-6-10-13-16(18-2)17-14-19-21(20-17)15-11-8-7-9-12-15/h7-9,11-12,14,16,18H,3-6,10,13H2,1-2H3. The van der Waals surface area contributed by atoms with E-state index in [0.717, 1.165) is 17.8 Å². The predicted molar refractivity (Wildman–Crippen MR) is 86.5 cm³/mol. The summed E-state index contributed by atoms with van der Waals surface area (Å²) >= 11 is 0. The highest BCUT2D eigenvalue weighted by atomic mass is 15.5. The maximum Gasteiger partial charge on any atom is 0.100 e. The van der Waals surface area contributed by atoms with E-state index in [9.17, 15) is 0 Å². The Bertz CT molecular complexity index is 507. The lowest BCUT2D eigenvalue weighted by molar-refractivity contribution is 0.489. The molecule has 1 atom stereocenters. The molecule has 1 aromatic heterocycles. The van der Waals surface area contributed by atoms with Gasteiger partial charge in [0.25, 0.3) is 0 Å². The highest BCUT2D eigenvalue weighted by Gasteiger charge is 2.13. The molecule has 0 aliphatic heterocycles. The van der Waals surface area contributed by atoms with Crippen molar-refractivity contribution >= 4 is 0 Å². The minimum absolute atomic E-state index is 0.295. The number of rotatable bonds is 9. The van der Waals surface area contributed by atoms with Crippen molar-refractivity contribution in [3.8, 4) is 5.69 Å². The molecule has 0 spiro atoms. The van der Waals surface area contributed by atoms with Crippen molar-refractivity contribution in [2.75, 3.05) is 7.05 Å². The Balaban J connectivity index is 1.92. The second kappa shape index (κ2) is 8.57. The Labute approximate surface area is 127 Å². The number of hydrogen-bond donors (Lipinski definition) is 1. The van der Waals surface area contributed by atoms with Gasteiger partial charge in [0.2, 0.25) is 0 Å². The van der Waals surface area contributed by atoms with Crippen molar-refractivity contribution < 1.29 is 0 Å². The fourth-order valence-corrected chi connectivity index (χ4v) is 2.51. The first-order chi connectivity index (χ1) is 10.3. The van der Waals surface area contributed by atoms with Gasteiger partial charge in [-0.25, -0.2) is 0 Å². The Morgan fingerprint density at radius 2 is 1.86 bits per heavy atom. The summed E-state index contributed by atoms with van der Waals surface area (Å²) in [5.74, 6) is 0. The Kier molecular flexibility index (Phi) is 6.41. The van der Waals surface area contributed by atoms with E-state index >= 15 is 0 Å². The Hall–Kier alpha value is -1.68. The van der Waals surface area contributed by atoms with Crippen molar-refractivity contribution in [2.24, 2.45) is 0 Å². The summed E-state index contributed by atoms with van der Waals surface area (Å²) < 4.78 is 0. The van der Waals surface area contributed by atoms with Gasteiger partial charge in [0.1, 0.15) is 5.69 Å². The third kappa shape index (κ3) is 4.67. The third-order valence-electron chi connectivity index (χ3n) is 3.80. The largest absolute Gasteiger partial charge is 0.312 e. The molecule has 0 aliphatic carbocycles. The molecule has 0 saturated heterocycles. The maximum atomic E-state index is 4.61. The average molecular weight is 286 g/mol. The molecule has 0 saturated carbocycles. The molecule has 0 fully saturated rings. The van der Waals surface area contributed by atoms with Crippen molar-refractivity contribution in [3.05, 3.63) is 42.2 Å². The quantitative estimate of drug-likeness (QED) is 0.711. The highest BCUT2D eigenvalue weighted by Crippen LogP contribution is 2.18. The van der Waals surface area contributed by atoms with Crippen LogP contribution in [0.1, 0.15) is 57.2 Å². The van der Waals surface area contributed by atoms with E-state index in [1.807, 2.05) is 43.6 Å². The molecule has 114 valence electrons. The summed E-state index contributed by atoms with van der Waals surface area (Å²) in [6.07, 6.45) is 9.51. The number of hydrogen-bond acceptors (Lipinski definition) is 3. The predicted octanol–water partition coefficient (Wildman–Crippen LogP) is 3.89. The van der Waals surface area contributed by atoms with E-state index in [-0.39, 0.29) is 0 Å². The lowest BCUT2D eigenvalue weighted by atomic mass is 10.0. The first kappa shape index (κ1) is 15.7. The molecule has 4 nitrogen and oxygen atoms in total. The van der Waals surface area contributed by atoms with Crippen LogP contribution in [0.15, 0.2) is 36.5 Å². The van der Waals surface area contributed by atoms with Crippen LogP contribution in [-0.2, 0) is 0 Å². The van der Waals surface area contributed by atoms with Crippen LogP contribution in [0, 0.1) is 0 Å². The average Bonchev–Trinajstić information content (AvgIpc) is 3.01. The molecule has 0 amide bonds. The molecular weight excluding hydrogens is 260 g/mol. The molecule has 1 aromatic carbocycles. The minimum Gasteiger partial charge on any atom is -0.312 e. The molecule has 1 heterocycles. The van der Waals surface area contributed by atoms with Crippen molar-refractivity contribution in [2.45, 2.75) is 51.5 Å². The zero-order chi connectivity index (χ0) is 14.9. The molecule has 2 rings (SSSR count). The molecule has 1 unspecified atom stereocenters. The third-order valence-corrected chi connectivity index (χ3v) is 3.80. The number of unbranched alkanes of at least 4 members (excludes halogenated alkanes) is 4. The molecular formula is C17H26N4. The van der Waals surface area contributed by atoms with Crippen LogP contribution in [0.3, 0.4) is 0 Å². The van der Waals surface area contributed by atoms with Gasteiger partial charge in [0.15, 0.2) is 0 Å². The topological polar surface area (TPSA) is 42.7 Å². The van der Waals surface area contributed by atoms with Gasteiger partial charge in [-0.05, 0) is 25.6 Å². The van der Waals surface area contributed by atoms with Crippen LogP contribution in [0.2, 0.25) is 0 Å². The van der Waals surface area contributed by atoms with Crippen molar-refractivity contribution in [1.29, 1.82) is 0 Å². The fourth-order valence-electron chi connectivity index (χ4n) is 2.51. The van der Waals surface area contributed by atoms with Gasteiger partial charge in [0, 0.05) is 0 Å². The second-order valence-electron chi connectivity index (χ2n) is 5.44. The van der Waals surface area contributed by atoms with Crippen LogP contribution >= 0.6 is 0 Å². The van der Waals surface area contributed by atoms with Gasteiger partial charge in [0.05, 0.1) is 17.9 Å². The number of para-hydroxylation sites is 1. The molecule has 0 bridgehead atoms. The summed E-state index contributed by atoms with van der Waals surface area (Å²) in [6.45, 7) is 2.25. The van der Waals surface area contributed by atoms with Crippen molar-refractivity contribution in [3.63, 3.8) is 0 Å². The van der Waals surface area contributed by atoms with Gasteiger partial charge in [-0.1, -0.05) is 57.2 Å². The van der Waals surface area contributed by atoms with Crippen LogP contribution in [0.4, 0.5) is 0 Å². The lowest BCUT2D eigenvalue weighted by Gasteiger charge is -2.12. The Morgan fingerprint density at radius 1 is 1.10 bits per heavy atom. The van der Waals surface area contributed by atoms with Crippen LogP contribution in [0.25, 0.3) is 5.69 Å². The van der Waals surface area contributed by atoms with Crippen LogP contribution in [0.5, 0.6) is 0 Å². The smallest absolute Gasteiger partial charge is 0.100 e. The van der Waals surface area contributed by atoms with Crippen LogP contribution < -0.4 is 5.32 Å². The maximum absolute atomic E-state index is 4.61. The minimum atomic E-state index is 0.295. The van der Waals surface area contributed by atoms with Crippen LogP contribution in [-0.4, -0.2) is 22.0 Å². The second-order valence-corrected chi connectivity index (χ2v) is 5.44. The number of benzene rings is 1. The van der Waals surface area contributed by atoms with E-state index in [0.29, 0.717) is 6.04 Å². The summed E-state index contributed by atoms with van der Waals surface area (Å²) in [4.78, 5) is 1.71. The van der Waals surface area contributed by atoms with Crippen molar-refractivity contribution in [1.82, 2.24) is 20.3 Å². The van der Waals surface area contributed by atoms with Gasteiger partial charge in [-0.2, -0.15) is 15.0 Å². The SMILES string of the molecule is CCCCCCCC(NC)c1cnn(-c2ccccc2)n1. The zero-order valence-electron chi connectivity index (χ0n) is 13.1. The molecule has 4 heteroatoms. The number of nitrogens with one attached hydrogen (secondary N) is 1. The zero-order valence-corrected chi connectivity index (χ0v) is 13.1. The van der Waals surface area contributed by atoms with E-state index < -0.39 is 0 Å². The summed E-state index contributed by atoms with van der Waals surface area (Å²) in [7, 11) is 2.00.